The van der Waals surface area contributed by atoms with E-state index < -0.39 is 97.5 Å². The molecule has 19 heteroatoms. The lowest BCUT2D eigenvalue weighted by atomic mass is 9.99. The van der Waals surface area contributed by atoms with Crippen molar-refractivity contribution in [2.75, 3.05) is 39.6 Å². The summed E-state index contributed by atoms with van der Waals surface area (Å²) in [6, 6.07) is 0. The first-order valence-corrected chi connectivity index (χ1v) is 44.6. The van der Waals surface area contributed by atoms with Gasteiger partial charge in [0.25, 0.3) is 0 Å². The van der Waals surface area contributed by atoms with Crippen molar-refractivity contribution in [2.45, 2.75) is 439 Å². The average molecular weight is 1450 g/mol. The maximum Gasteiger partial charge on any atom is 0.472 e. The van der Waals surface area contributed by atoms with Gasteiger partial charge in [0.1, 0.15) is 19.3 Å². The number of phosphoric ester groups is 2. The van der Waals surface area contributed by atoms with Gasteiger partial charge >= 0.3 is 39.5 Å². The highest BCUT2D eigenvalue weighted by atomic mass is 31.2. The Hall–Kier alpha value is -1.94. The molecule has 0 rings (SSSR count). The minimum Gasteiger partial charge on any atom is -0.462 e. The van der Waals surface area contributed by atoms with Crippen molar-refractivity contribution < 1.29 is 80.2 Å². The van der Waals surface area contributed by atoms with Crippen LogP contribution >= 0.6 is 15.6 Å². The van der Waals surface area contributed by atoms with E-state index in [1.54, 1.807) is 0 Å². The normalized spacial score (nSPS) is 14.5. The molecule has 0 amide bonds. The molecule has 0 saturated carbocycles. The number of esters is 4. The number of phosphoric acid groups is 2. The molecule has 7 atom stereocenters. The van der Waals surface area contributed by atoms with Gasteiger partial charge in [0.15, 0.2) is 12.2 Å². The van der Waals surface area contributed by atoms with Gasteiger partial charge in [0.2, 0.25) is 0 Å². The van der Waals surface area contributed by atoms with Gasteiger partial charge in [-0.25, -0.2) is 9.13 Å². The molecule has 99 heavy (non-hydrogen) atoms. The number of carbonyl (C=O) groups is 4. The first-order chi connectivity index (χ1) is 47.9. The van der Waals surface area contributed by atoms with Crippen molar-refractivity contribution in [1.82, 2.24) is 0 Å². The van der Waals surface area contributed by atoms with Crippen LogP contribution in [0.2, 0.25) is 0 Å². The predicted octanol–water partition coefficient (Wildman–Crippen LogP) is 23.9. The zero-order chi connectivity index (χ0) is 72.8. The fraction of sp³-hybridized carbons (Fsp3) is 0.950. The minimum absolute atomic E-state index is 0.106. The van der Waals surface area contributed by atoms with E-state index in [4.69, 9.17) is 37.0 Å². The molecule has 17 nitrogen and oxygen atoms in total. The van der Waals surface area contributed by atoms with Gasteiger partial charge < -0.3 is 33.8 Å². The van der Waals surface area contributed by atoms with Crippen LogP contribution in [0.25, 0.3) is 0 Å². The highest BCUT2D eigenvalue weighted by Crippen LogP contribution is 2.45. The Morgan fingerprint density at radius 1 is 0.283 bits per heavy atom. The van der Waals surface area contributed by atoms with Gasteiger partial charge in [-0.05, 0) is 37.5 Å². The number of aliphatic hydroxyl groups excluding tert-OH is 1. The summed E-state index contributed by atoms with van der Waals surface area (Å²) in [5.74, 6) is -0.528. The predicted molar refractivity (Wildman–Crippen MR) is 405 cm³/mol. The van der Waals surface area contributed by atoms with Crippen molar-refractivity contribution in [1.29, 1.82) is 0 Å². The van der Waals surface area contributed by atoms with E-state index in [0.717, 1.165) is 102 Å². The van der Waals surface area contributed by atoms with Crippen molar-refractivity contribution in [3.05, 3.63) is 0 Å². The smallest absolute Gasteiger partial charge is 0.462 e. The van der Waals surface area contributed by atoms with E-state index in [1.165, 1.54) is 238 Å². The minimum atomic E-state index is -4.96. The molecular formula is C80H156O17P2. The standard InChI is InChI=1S/C80H156O17P2/c1-7-11-13-15-17-19-21-23-25-27-29-31-33-38-46-52-58-64-79(84)96-75(68-90-77(82)62-56-50-44-37-32-30-28-26-24-22-20-18-16-14-12-8-2)70-94-98(86,87)92-66-74(81)67-93-99(88,89)95-71-76(69-91-78(83)63-57-51-45-41-40-43-49-55-61-73(6)10-4)97-80(85)65-59-53-47-39-35-34-36-42-48-54-60-72(5)9-3/h72-76,81H,7-71H2,1-6H3,(H,86,87)(H,88,89)/t72?,73?,74-,75-,76-/m1/s1. The lowest BCUT2D eigenvalue weighted by Gasteiger charge is -2.21. The Bertz CT molecular complexity index is 1910. The molecule has 0 aliphatic carbocycles. The summed E-state index contributed by atoms with van der Waals surface area (Å²) in [7, 11) is -9.92. The van der Waals surface area contributed by atoms with Crippen LogP contribution in [0.5, 0.6) is 0 Å². The lowest BCUT2D eigenvalue weighted by Crippen LogP contribution is -2.30. The number of carbonyl (C=O) groups excluding carboxylic acids is 4. The first-order valence-electron chi connectivity index (χ1n) is 41.6. The molecule has 3 N–H and O–H groups in total. The van der Waals surface area contributed by atoms with Crippen molar-refractivity contribution in [2.24, 2.45) is 11.8 Å². The second-order valence-electron chi connectivity index (χ2n) is 29.3. The monoisotopic (exact) mass is 1450 g/mol. The average Bonchev–Trinajstić information content (AvgIpc) is 1.01. The topological polar surface area (TPSA) is 237 Å². The fourth-order valence-electron chi connectivity index (χ4n) is 12.3. The molecule has 4 unspecified atom stereocenters. The largest absolute Gasteiger partial charge is 0.472 e. The van der Waals surface area contributed by atoms with Crippen LogP contribution in [0.3, 0.4) is 0 Å². The summed E-state index contributed by atoms with van der Waals surface area (Å²) in [5, 5.41) is 10.6. The van der Waals surface area contributed by atoms with Crippen LogP contribution in [-0.2, 0) is 65.4 Å². The lowest BCUT2D eigenvalue weighted by molar-refractivity contribution is -0.161. The Labute approximate surface area is 607 Å². The Morgan fingerprint density at radius 3 is 0.717 bits per heavy atom. The van der Waals surface area contributed by atoms with Crippen LogP contribution in [0.1, 0.15) is 420 Å². The third-order valence-corrected chi connectivity index (χ3v) is 21.3. The summed E-state index contributed by atoms with van der Waals surface area (Å²) in [6.07, 6.45) is 60.8. The third kappa shape index (κ3) is 71.5. The second kappa shape index (κ2) is 71.7. The molecule has 0 aliphatic rings. The van der Waals surface area contributed by atoms with Crippen LogP contribution in [0.4, 0.5) is 0 Å². The van der Waals surface area contributed by atoms with Gasteiger partial charge in [-0.15, -0.1) is 0 Å². The molecule has 0 aromatic rings. The summed E-state index contributed by atoms with van der Waals surface area (Å²) in [4.78, 5) is 73.0. The van der Waals surface area contributed by atoms with Crippen LogP contribution in [0, 0.1) is 11.8 Å². The van der Waals surface area contributed by atoms with E-state index in [2.05, 4.69) is 41.5 Å². The van der Waals surface area contributed by atoms with E-state index in [0.29, 0.717) is 25.7 Å². The molecule has 0 radical (unpaired) electrons. The van der Waals surface area contributed by atoms with Crippen molar-refractivity contribution >= 4 is 39.5 Å². The number of aliphatic hydroxyl groups is 1. The first kappa shape index (κ1) is 97.1. The van der Waals surface area contributed by atoms with Crippen molar-refractivity contribution in [3.8, 4) is 0 Å². The number of ether oxygens (including phenoxy) is 4. The maximum absolute atomic E-state index is 13.1. The summed E-state index contributed by atoms with van der Waals surface area (Å²) in [5.41, 5.74) is 0. The zero-order valence-corrected chi connectivity index (χ0v) is 66.6. The number of rotatable bonds is 79. The molecule has 0 spiro atoms. The Kier molecular flexibility index (Phi) is 70.3. The van der Waals surface area contributed by atoms with E-state index >= 15 is 0 Å². The zero-order valence-electron chi connectivity index (χ0n) is 64.8. The van der Waals surface area contributed by atoms with Crippen LogP contribution in [0.15, 0.2) is 0 Å². The van der Waals surface area contributed by atoms with E-state index in [-0.39, 0.29) is 25.7 Å². The molecule has 0 aromatic carbocycles. The molecule has 0 saturated heterocycles. The van der Waals surface area contributed by atoms with E-state index in [9.17, 15) is 43.2 Å². The van der Waals surface area contributed by atoms with Gasteiger partial charge in [0.05, 0.1) is 26.4 Å². The second-order valence-corrected chi connectivity index (χ2v) is 32.2. The summed E-state index contributed by atoms with van der Waals surface area (Å²) >= 11 is 0. The Morgan fingerprint density at radius 2 is 0.485 bits per heavy atom. The third-order valence-electron chi connectivity index (χ3n) is 19.4. The molecule has 0 aromatic heterocycles. The van der Waals surface area contributed by atoms with Gasteiger partial charge in [-0.3, -0.25) is 37.3 Å². The number of unbranched alkanes of at least 4 members (excludes halogenated alkanes) is 47. The molecule has 0 bridgehead atoms. The Balaban J connectivity index is 5.27. The highest BCUT2D eigenvalue weighted by molar-refractivity contribution is 7.47. The van der Waals surface area contributed by atoms with Crippen molar-refractivity contribution in [3.63, 3.8) is 0 Å². The van der Waals surface area contributed by atoms with E-state index in [1.807, 2.05) is 0 Å². The molecule has 0 heterocycles. The SMILES string of the molecule is CCCCCCCCCCCCCCCCCCCC(=O)O[C@H](COC(=O)CCCCCCCCCCCCCCCCCC)COP(=O)(O)OC[C@@H](O)COP(=O)(O)OC[C@@H](COC(=O)CCCCCCCCCCC(C)CC)OC(=O)CCCCCCCCCCCCC(C)CC. The number of hydrogen-bond donors (Lipinski definition) is 3. The fourth-order valence-corrected chi connectivity index (χ4v) is 13.9. The van der Waals surface area contributed by atoms with Gasteiger partial charge in [0, 0.05) is 25.7 Å². The molecule has 0 fully saturated rings. The summed E-state index contributed by atoms with van der Waals surface area (Å²) in [6.45, 7) is 9.66. The highest BCUT2D eigenvalue weighted by Gasteiger charge is 2.30. The summed E-state index contributed by atoms with van der Waals surface area (Å²) < 4.78 is 68.7. The molecular weight excluding hydrogens is 1290 g/mol. The van der Waals surface area contributed by atoms with Crippen LogP contribution < -0.4 is 0 Å². The number of hydrogen-bond acceptors (Lipinski definition) is 15. The van der Waals surface area contributed by atoms with Crippen LogP contribution in [-0.4, -0.2) is 96.7 Å². The molecule has 588 valence electrons. The van der Waals surface area contributed by atoms with Gasteiger partial charge in [-0.1, -0.05) is 369 Å². The maximum atomic E-state index is 13.1. The quantitative estimate of drug-likeness (QED) is 0.0222. The molecule has 0 aliphatic heterocycles. The van der Waals surface area contributed by atoms with Gasteiger partial charge in [-0.2, -0.15) is 0 Å².